The summed E-state index contributed by atoms with van der Waals surface area (Å²) in [5.74, 6) is 0.709. The summed E-state index contributed by atoms with van der Waals surface area (Å²) in [7, 11) is 0. The number of thiazole rings is 1. The van der Waals surface area contributed by atoms with Crippen molar-refractivity contribution in [2.24, 2.45) is 4.99 Å². The molecule has 0 saturated heterocycles. The number of allylic oxidation sites excluding steroid dienone is 1. The lowest BCUT2D eigenvalue weighted by atomic mass is 9.94. The van der Waals surface area contributed by atoms with Crippen LogP contribution in [0.25, 0.3) is 17.0 Å². The second-order valence-electron chi connectivity index (χ2n) is 10.9. The zero-order chi connectivity index (χ0) is 31.1. The fraction of sp³-hybridized carbons (Fsp3) is 0.229. The zero-order valence-electron chi connectivity index (χ0n) is 24.8. The molecule has 0 amide bonds. The first-order valence-electron chi connectivity index (χ1n) is 14.9. The van der Waals surface area contributed by atoms with E-state index in [1.165, 1.54) is 11.3 Å². The normalized spacial score (nSPS) is 15.8. The van der Waals surface area contributed by atoms with Crippen LogP contribution in [0, 0.1) is 0 Å². The van der Waals surface area contributed by atoms with Crippen molar-refractivity contribution >= 4 is 45.9 Å². The molecule has 0 bridgehead atoms. The molecule has 0 fully saturated rings. The van der Waals surface area contributed by atoms with Crippen LogP contribution in [0.1, 0.15) is 49.4 Å². The number of para-hydroxylation sites is 1. The second-order valence-corrected chi connectivity index (χ2v) is 12.3. The number of carbonyl (C=O) groups is 1. The summed E-state index contributed by atoms with van der Waals surface area (Å²) in [6.45, 7) is 4.76. The highest BCUT2D eigenvalue weighted by atomic mass is 35.5. The quantitative estimate of drug-likeness (QED) is 0.196. The maximum absolute atomic E-state index is 14.3. The SMILES string of the molecule is CCCC1=C(C(=O)OCC)[C@H](c2ccc3c(c2)OCO3)n2c(s/c(=C\c3cn(Cc4cccc(Cl)c4)c4ccccc34)c2=O)=N1. The first kappa shape index (κ1) is 29.1. The summed E-state index contributed by atoms with van der Waals surface area (Å²) < 4.78 is 21.0. The maximum atomic E-state index is 14.3. The summed E-state index contributed by atoms with van der Waals surface area (Å²) >= 11 is 7.58. The molecule has 0 spiro atoms. The van der Waals surface area contributed by atoms with E-state index in [9.17, 15) is 9.59 Å². The molecule has 0 N–H and O–H groups in total. The van der Waals surface area contributed by atoms with Gasteiger partial charge in [0.25, 0.3) is 5.56 Å². The van der Waals surface area contributed by atoms with Crippen LogP contribution in [0.4, 0.5) is 0 Å². The molecule has 0 saturated carbocycles. The smallest absolute Gasteiger partial charge is 0.338 e. The van der Waals surface area contributed by atoms with E-state index in [1.54, 1.807) is 11.5 Å². The molecule has 0 radical (unpaired) electrons. The van der Waals surface area contributed by atoms with Gasteiger partial charge in [-0.15, -0.1) is 0 Å². The Labute approximate surface area is 268 Å². The Bertz CT molecular complexity index is 2180. The predicted molar refractivity (Wildman–Crippen MR) is 175 cm³/mol. The third-order valence-electron chi connectivity index (χ3n) is 7.95. The van der Waals surface area contributed by atoms with Gasteiger partial charge in [0.2, 0.25) is 6.79 Å². The Balaban J connectivity index is 1.41. The van der Waals surface area contributed by atoms with E-state index >= 15 is 0 Å². The summed E-state index contributed by atoms with van der Waals surface area (Å²) in [6.07, 6.45) is 5.32. The molecule has 3 aromatic carbocycles. The van der Waals surface area contributed by atoms with Crippen molar-refractivity contribution in [2.45, 2.75) is 39.3 Å². The van der Waals surface area contributed by atoms with Gasteiger partial charge in [-0.1, -0.05) is 72.7 Å². The first-order chi connectivity index (χ1) is 21.9. The van der Waals surface area contributed by atoms with E-state index in [-0.39, 0.29) is 19.0 Å². The van der Waals surface area contributed by atoms with Crippen molar-refractivity contribution in [3.8, 4) is 11.5 Å². The number of fused-ring (bicyclic) bond motifs is 3. The van der Waals surface area contributed by atoms with Crippen LogP contribution in [-0.4, -0.2) is 28.5 Å². The van der Waals surface area contributed by atoms with Crippen molar-refractivity contribution < 1.29 is 19.0 Å². The van der Waals surface area contributed by atoms with Gasteiger partial charge in [0.15, 0.2) is 16.3 Å². The number of esters is 1. The van der Waals surface area contributed by atoms with Gasteiger partial charge >= 0.3 is 5.97 Å². The molecule has 4 heterocycles. The number of halogens is 1. The molecule has 2 aromatic heterocycles. The lowest BCUT2D eigenvalue weighted by Gasteiger charge is -2.25. The number of ether oxygens (including phenoxy) is 3. The predicted octanol–water partition coefficient (Wildman–Crippen LogP) is 5.96. The first-order valence-corrected chi connectivity index (χ1v) is 16.1. The van der Waals surface area contributed by atoms with E-state index in [0.717, 1.165) is 34.0 Å². The molecule has 228 valence electrons. The standard InChI is InChI=1S/C35H30ClN3O5S/c1-3-8-26-31(34(41)42-4-2)32(22-13-14-28-29(16-22)44-20-43-28)39-33(40)30(45-35(39)37-26)17-23-19-38(27-12-6-5-11-25(23)27)18-21-9-7-10-24(36)15-21/h5-7,9-17,19,32H,3-4,8,18,20H2,1-2H3/b30-17-/t32-/m0/s1. The third kappa shape index (κ3) is 5.36. The van der Waals surface area contributed by atoms with Crippen LogP contribution >= 0.6 is 22.9 Å². The number of carbonyl (C=O) groups excluding carboxylic acids is 1. The minimum absolute atomic E-state index is 0.119. The number of aromatic nitrogens is 2. The average molecular weight is 640 g/mol. The van der Waals surface area contributed by atoms with Crippen LogP contribution in [0.15, 0.2) is 94.0 Å². The number of rotatable bonds is 8. The highest BCUT2D eigenvalue weighted by Crippen LogP contribution is 2.39. The highest BCUT2D eigenvalue weighted by molar-refractivity contribution is 7.07. The van der Waals surface area contributed by atoms with Crippen molar-refractivity contribution in [1.82, 2.24) is 9.13 Å². The molecule has 0 unspecified atom stereocenters. The second kappa shape index (κ2) is 12.1. The molecule has 2 aliphatic heterocycles. The Morgan fingerprint density at radius 3 is 2.76 bits per heavy atom. The molecule has 5 aromatic rings. The summed E-state index contributed by atoms with van der Waals surface area (Å²) in [4.78, 5) is 33.3. The van der Waals surface area contributed by atoms with Crippen molar-refractivity contribution in [3.63, 3.8) is 0 Å². The molecular weight excluding hydrogens is 610 g/mol. The van der Waals surface area contributed by atoms with Gasteiger partial charge in [0, 0.05) is 34.2 Å². The summed E-state index contributed by atoms with van der Waals surface area (Å²) in [6, 6.07) is 20.7. The molecular formula is C35H30ClN3O5S. The monoisotopic (exact) mass is 639 g/mol. The minimum Gasteiger partial charge on any atom is -0.463 e. The van der Waals surface area contributed by atoms with Gasteiger partial charge in [-0.05, 0) is 60.9 Å². The van der Waals surface area contributed by atoms with Gasteiger partial charge in [0.1, 0.15) is 0 Å². The van der Waals surface area contributed by atoms with Gasteiger partial charge in [-0.3, -0.25) is 9.36 Å². The van der Waals surface area contributed by atoms with E-state index < -0.39 is 12.0 Å². The minimum atomic E-state index is -0.734. The summed E-state index contributed by atoms with van der Waals surface area (Å²) in [5.41, 5.74) is 4.52. The average Bonchev–Trinajstić information content (AvgIpc) is 3.73. The fourth-order valence-electron chi connectivity index (χ4n) is 6.01. The van der Waals surface area contributed by atoms with Crippen molar-refractivity contribution in [2.75, 3.05) is 13.4 Å². The lowest BCUT2D eigenvalue weighted by Crippen LogP contribution is -2.40. The van der Waals surface area contributed by atoms with E-state index in [4.69, 9.17) is 30.8 Å². The van der Waals surface area contributed by atoms with Crippen molar-refractivity contribution in [1.29, 1.82) is 0 Å². The lowest BCUT2D eigenvalue weighted by molar-refractivity contribution is -0.139. The van der Waals surface area contributed by atoms with E-state index in [1.807, 2.05) is 67.6 Å². The fourth-order valence-corrected chi connectivity index (χ4v) is 7.24. The van der Waals surface area contributed by atoms with Crippen LogP contribution in [-0.2, 0) is 16.1 Å². The zero-order valence-corrected chi connectivity index (χ0v) is 26.4. The molecule has 10 heteroatoms. The third-order valence-corrected chi connectivity index (χ3v) is 9.17. The number of benzene rings is 3. The molecule has 2 aliphatic rings. The Kier molecular flexibility index (Phi) is 7.81. The largest absolute Gasteiger partial charge is 0.463 e. The van der Waals surface area contributed by atoms with Gasteiger partial charge < -0.3 is 18.8 Å². The van der Waals surface area contributed by atoms with Gasteiger partial charge in [-0.25, -0.2) is 9.79 Å². The Morgan fingerprint density at radius 1 is 1.09 bits per heavy atom. The van der Waals surface area contributed by atoms with E-state index in [2.05, 4.69) is 22.9 Å². The Hall–Kier alpha value is -4.60. The topological polar surface area (TPSA) is 84.0 Å². The van der Waals surface area contributed by atoms with Crippen LogP contribution in [0.5, 0.6) is 11.5 Å². The molecule has 1 atom stereocenters. The number of hydrogen-bond acceptors (Lipinski definition) is 7. The molecule has 45 heavy (non-hydrogen) atoms. The van der Waals surface area contributed by atoms with E-state index in [0.29, 0.717) is 50.1 Å². The van der Waals surface area contributed by atoms with Crippen LogP contribution in [0.3, 0.4) is 0 Å². The number of nitrogens with zero attached hydrogens (tertiary/aromatic N) is 3. The summed E-state index contributed by atoms with van der Waals surface area (Å²) in [5, 5.41) is 1.71. The van der Waals surface area contributed by atoms with Crippen molar-refractivity contribution in [3.05, 3.63) is 126 Å². The van der Waals surface area contributed by atoms with Gasteiger partial charge in [0.05, 0.1) is 28.5 Å². The molecule has 7 rings (SSSR count). The molecule has 8 nitrogen and oxygen atoms in total. The van der Waals surface area contributed by atoms with Crippen LogP contribution in [0.2, 0.25) is 5.02 Å². The van der Waals surface area contributed by atoms with Crippen LogP contribution < -0.4 is 24.4 Å². The van der Waals surface area contributed by atoms with Gasteiger partial charge in [-0.2, -0.15) is 0 Å². The molecule has 0 aliphatic carbocycles. The number of hydrogen-bond donors (Lipinski definition) is 0. The maximum Gasteiger partial charge on any atom is 0.338 e. The Morgan fingerprint density at radius 2 is 1.93 bits per heavy atom. The highest BCUT2D eigenvalue weighted by Gasteiger charge is 2.35.